The van der Waals surface area contributed by atoms with Crippen LogP contribution in [0.3, 0.4) is 0 Å². The van der Waals surface area contributed by atoms with Crippen LogP contribution >= 0.6 is 0 Å². The topological polar surface area (TPSA) is 105 Å². The molecule has 2 saturated carbocycles. The zero-order valence-electron chi connectivity index (χ0n) is 19.7. The van der Waals surface area contributed by atoms with Crippen LogP contribution in [-0.2, 0) is 14.3 Å². The molecule has 0 heterocycles. The number of ether oxygens (including phenoxy) is 1. The number of hydrogen-bond acceptors (Lipinski definition) is 4. The smallest absolute Gasteiger partial charge is 0.407 e. The third-order valence-corrected chi connectivity index (χ3v) is 8.00. The van der Waals surface area contributed by atoms with Gasteiger partial charge in [0.15, 0.2) is 0 Å². The number of carbonyl (C=O) groups excluding carboxylic acids is 2. The molecule has 0 saturated heterocycles. The molecule has 0 spiro atoms. The van der Waals surface area contributed by atoms with E-state index in [1.165, 1.54) is 22.3 Å². The highest BCUT2D eigenvalue weighted by Crippen LogP contribution is 2.44. The molecule has 2 aromatic carbocycles. The highest BCUT2D eigenvalue weighted by atomic mass is 16.5. The van der Waals surface area contributed by atoms with Crippen LogP contribution in [0.5, 0.6) is 0 Å². The van der Waals surface area contributed by atoms with Crippen LogP contribution in [0.2, 0.25) is 0 Å². The molecule has 0 aliphatic heterocycles. The standard InChI is InChI=1S/C28H32N2O5/c31-26(29-15-24(27(32)33)17-6-5-7-17)18-12-13-19(14-18)30-28(34)35-16-25-22-10-3-1-8-20(22)21-9-2-4-11-23(21)25/h1-4,8-11,17-19,24-25H,5-7,12-16H2,(H,29,31)(H,30,34)(H,32,33)/t18-,19+,24?/m0/s1. The Morgan fingerprint density at radius 1 is 0.943 bits per heavy atom. The number of rotatable bonds is 8. The lowest BCUT2D eigenvalue weighted by Gasteiger charge is -2.31. The molecule has 3 N–H and O–H groups in total. The molecule has 1 unspecified atom stereocenters. The Kier molecular flexibility index (Phi) is 6.75. The van der Waals surface area contributed by atoms with Gasteiger partial charge in [-0.1, -0.05) is 55.0 Å². The maximum Gasteiger partial charge on any atom is 0.407 e. The summed E-state index contributed by atoms with van der Waals surface area (Å²) in [5.74, 6) is -1.51. The maximum absolute atomic E-state index is 12.6. The van der Waals surface area contributed by atoms with E-state index in [4.69, 9.17) is 4.74 Å². The number of aliphatic carboxylic acids is 1. The van der Waals surface area contributed by atoms with Crippen LogP contribution < -0.4 is 10.6 Å². The van der Waals surface area contributed by atoms with E-state index in [-0.39, 0.29) is 42.9 Å². The minimum atomic E-state index is -0.837. The Hall–Kier alpha value is -3.35. The SMILES string of the molecule is O=C(N[C@@H]1CC[C@H](C(=O)NCC(C(=O)O)C2CCC2)C1)OCC1c2ccccc2-c2ccccc21. The Morgan fingerprint density at radius 2 is 1.60 bits per heavy atom. The molecule has 3 aliphatic carbocycles. The first kappa shape index (κ1) is 23.4. The molecule has 35 heavy (non-hydrogen) atoms. The van der Waals surface area contributed by atoms with Crippen LogP contribution in [0.4, 0.5) is 4.79 Å². The summed E-state index contributed by atoms with van der Waals surface area (Å²) in [4.78, 5) is 36.7. The van der Waals surface area contributed by atoms with Gasteiger partial charge in [-0.05, 0) is 60.3 Å². The first-order chi connectivity index (χ1) is 17.0. The second kappa shape index (κ2) is 10.1. The van der Waals surface area contributed by atoms with Crippen molar-refractivity contribution < 1.29 is 24.2 Å². The van der Waals surface area contributed by atoms with Gasteiger partial charge >= 0.3 is 12.1 Å². The Bertz CT molecular complexity index is 1070. The monoisotopic (exact) mass is 476 g/mol. The van der Waals surface area contributed by atoms with E-state index in [0.29, 0.717) is 19.3 Å². The number of fused-ring (bicyclic) bond motifs is 3. The molecule has 2 aromatic rings. The van der Waals surface area contributed by atoms with Crippen molar-refractivity contribution >= 4 is 18.0 Å². The van der Waals surface area contributed by atoms with Crippen molar-refractivity contribution in [2.75, 3.05) is 13.2 Å². The highest BCUT2D eigenvalue weighted by Gasteiger charge is 2.35. The summed E-state index contributed by atoms with van der Waals surface area (Å²) in [7, 11) is 0. The largest absolute Gasteiger partial charge is 0.481 e. The van der Waals surface area contributed by atoms with Gasteiger partial charge < -0.3 is 20.5 Å². The van der Waals surface area contributed by atoms with Crippen LogP contribution in [0.25, 0.3) is 11.1 Å². The van der Waals surface area contributed by atoms with E-state index < -0.39 is 18.0 Å². The number of benzene rings is 2. The number of hydrogen-bond donors (Lipinski definition) is 3. The Balaban J connectivity index is 1.10. The van der Waals surface area contributed by atoms with Crippen molar-refractivity contribution in [2.45, 2.75) is 50.5 Å². The number of amides is 2. The van der Waals surface area contributed by atoms with Crippen LogP contribution in [-0.4, -0.2) is 42.3 Å². The average Bonchev–Trinajstić information content (AvgIpc) is 3.41. The molecule has 0 bridgehead atoms. The molecule has 5 rings (SSSR count). The zero-order chi connectivity index (χ0) is 24.4. The first-order valence-electron chi connectivity index (χ1n) is 12.6. The fourth-order valence-corrected chi connectivity index (χ4v) is 5.81. The predicted molar refractivity (Wildman–Crippen MR) is 131 cm³/mol. The van der Waals surface area contributed by atoms with Gasteiger partial charge in [0.05, 0.1) is 5.92 Å². The van der Waals surface area contributed by atoms with Gasteiger partial charge in [0.2, 0.25) is 5.91 Å². The van der Waals surface area contributed by atoms with Gasteiger partial charge in [-0.15, -0.1) is 0 Å². The molecule has 7 nitrogen and oxygen atoms in total. The Morgan fingerprint density at radius 3 is 2.20 bits per heavy atom. The molecule has 3 aliphatic rings. The third kappa shape index (κ3) is 4.90. The van der Waals surface area contributed by atoms with E-state index in [1.807, 2.05) is 24.3 Å². The van der Waals surface area contributed by atoms with E-state index >= 15 is 0 Å². The molecule has 7 heteroatoms. The molecule has 2 amide bonds. The quantitative estimate of drug-likeness (QED) is 0.527. The molecule has 184 valence electrons. The Labute approximate surface area is 205 Å². The van der Waals surface area contributed by atoms with Gasteiger partial charge in [-0.25, -0.2) is 4.79 Å². The lowest BCUT2D eigenvalue weighted by molar-refractivity contribution is -0.145. The summed E-state index contributed by atoms with van der Waals surface area (Å²) in [5.41, 5.74) is 4.70. The number of carboxylic acid groups (broad SMARTS) is 1. The van der Waals surface area contributed by atoms with Gasteiger partial charge in [0.25, 0.3) is 0 Å². The fraction of sp³-hybridized carbons (Fsp3) is 0.464. The summed E-state index contributed by atoms with van der Waals surface area (Å²) >= 11 is 0. The molecule has 0 aromatic heterocycles. The maximum atomic E-state index is 12.6. The normalized spacial score (nSPS) is 21.9. The van der Waals surface area contributed by atoms with Gasteiger partial charge in [-0.3, -0.25) is 9.59 Å². The zero-order valence-corrected chi connectivity index (χ0v) is 19.7. The number of carbonyl (C=O) groups is 3. The first-order valence-corrected chi connectivity index (χ1v) is 12.6. The van der Waals surface area contributed by atoms with Crippen LogP contribution in [0, 0.1) is 17.8 Å². The number of carboxylic acids is 1. The van der Waals surface area contributed by atoms with Crippen LogP contribution in [0.15, 0.2) is 48.5 Å². The molecule has 0 radical (unpaired) electrons. The molecular weight excluding hydrogens is 444 g/mol. The summed E-state index contributed by atoms with van der Waals surface area (Å²) in [6.45, 7) is 0.439. The summed E-state index contributed by atoms with van der Waals surface area (Å²) in [6.07, 6.45) is 4.35. The van der Waals surface area contributed by atoms with Crippen LogP contribution in [0.1, 0.15) is 55.6 Å². The van der Waals surface area contributed by atoms with E-state index in [9.17, 15) is 19.5 Å². The molecular formula is C28H32N2O5. The van der Waals surface area contributed by atoms with Crippen molar-refractivity contribution in [3.63, 3.8) is 0 Å². The van der Waals surface area contributed by atoms with Gasteiger partial charge in [-0.2, -0.15) is 0 Å². The average molecular weight is 477 g/mol. The molecule has 3 atom stereocenters. The van der Waals surface area contributed by atoms with Gasteiger partial charge in [0, 0.05) is 24.4 Å². The highest BCUT2D eigenvalue weighted by molar-refractivity contribution is 5.81. The minimum Gasteiger partial charge on any atom is -0.481 e. The lowest BCUT2D eigenvalue weighted by Crippen LogP contribution is -2.41. The summed E-state index contributed by atoms with van der Waals surface area (Å²) in [6, 6.07) is 16.3. The van der Waals surface area contributed by atoms with E-state index in [1.54, 1.807) is 0 Å². The molecule has 2 fully saturated rings. The van der Waals surface area contributed by atoms with Gasteiger partial charge in [0.1, 0.15) is 6.61 Å². The van der Waals surface area contributed by atoms with E-state index in [0.717, 1.165) is 19.3 Å². The number of nitrogens with one attached hydrogen (secondary N) is 2. The van der Waals surface area contributed by atoms with Crippen molar-refractivity contribution in [1.29, 1.82) is 0 Å². The second-order valence-corrected chi connectivity index (χ2v) is 10.1. The van der Waals surface area contributed by atoms with Crippen molar-refractivity contribution in [2.24, 2.45) is 17.8 Å². The summed E-state index contributed by atoms with van der Waals surface area (Å²) < 4.78 is 5.63. The van der Waals surface area contributed by atoms with Crippen molar-refractivity contribution in [1.82, 2.24) is 10.6 Å². The summed E-state index contributed by atoms with van der Waals surface area (Å²) in [5, 5.41) is 15.2. The third-order valence-electron chi connectivity index (χ3n) is 8.00. The minimum absolute atomic E-state index is 0.00750. The van der Waals surface area contributed by atoms with Crippen molar-refractivity contribution in [3.8, 4) is 11.1 Å². The fourth-order valence-electron chi connectivity index (χ4n) is 5.81. The predicted octanol–water partition coefficient (Wildman–Crippen LogP) is 4.31. The van der Waals surface area contributed by atoms with Crippen molar-refractivity contribution in [3.05, 3.63) is 59.7 Å². The second-order valence-electron chi connectivity index (χ2n) is 10.1. The number of alkyl carbamates (subject to hydrolysis) is 1. The lowest BCUT2D eigenvalue weighted by atomic mass is 9.76. The van der Waals surface area contributed by atoms with E-state index in [2.05, 4.69) is 34.9 Å².